The van der Waals surface area contributed by atoms with E-state index < -0.39 is 12.2 Å². The molecule has 1 fully saturated rings. The highest BCUT2D eigenvalue weighted by Crippen LogP contribution is 2.34. The van der Waals surface area contributed by atoms with Crippen LogP contribution >= 0.6 is 0 Å². The van der Waals surface area contributed by atoms with Gasteiger partial charge in [0.05, 0.1) is 17.1 Å². The monoisotopic (exact) mass is 752 g/mol. The van der Waals surface area contributed by atoms with Gasteiger partial charge in [-0.1, -0.05) is 80.9 Å². The van der Waals surface area contributed by atoms with Crippen molar-refractivity contribution in [3.8, 4) is 17.3 Å². The summed E-state index contributed by atoms with van der Waals surface area (Å²) in [4.78, 5) is 40.5. The lowest BCUT2D eigenvalue weighted by atomic mass is 9.92. The Labute approximate surface area is 327 Å². The maximum absolute atomic E-state index is 13.6. The zero-order valence-electron chi connectivity index (χ0n) is 32.4. The number of aryl methyl sites for hydroxylation is 1. The summed E-state index contributed by atoms with van der Waals surface area (Å²) in [5.41, 5.74) is 3.79. The first-order chi connectivity index (χ1) is 27.0. The van der Waals surface area contributed by atoms with Crippen LogP contribution in [0.5, 0.6) is 11.6 Å². The van der Waals surface area contributed by atoms with Crippen LogP contribution in [0.25, 0.3) is 16.5 Å². The number of nitrogens with one attached hydrogen (secondary N) is 4. The Bertz CT molecular complexity index is 2300. The fourth-order valence-corrected chi connectivity index (χ4v) is 6.44. The highest BCUT2D eigenvalue weighted by Gasteiger charge is 2.23. The lowest BCUT2D eigenvalue weighted by Crippen LogP contribution is -2.53. The molecular weight excluding hydrogens is 705 g/mol. The van der Waals surface area contributed by atoms with Crippen molar-refractivity contribution in [3.05, 3.63) is 126 Å². The van der Waals surface area contributed by atoms with E-state index in [2.05, 4.69) is 68.9 Å². The van der Waals surface area contributed by atoms with E-state index in [1.165, 1.54) is 0 Å². The van der Waals surface area contributed by atoms with Crippen LogP contribution in [0.1, 0.15) is 42.4 Å². The third-order valence-corrected chi connectivity index (χ3v) is 9.66. The lowest BCUT2D eigenvalue weighted by molar-refractivity contribution is 0.0917. The molecule has 1 unspecified atom stereocenters. The topological polar surface area (TPSA) is 142 Å². The summed E-state index contributed by atoms with van der Waals surface area (Å²) >= 11 is 0. The Morgan fingerprint density at radius 3 is 2.29 bits per heavy atom. The number of aromatic nitrogens is 4. The largest absolute Gasteiger partial charge is 0.438 e. The van der Waals surface area contributed by atoms with E-state index in [-0.39, 0.29) is 11.3 Å². The number of urea groups is 1. The number of nitrogens with zero attached hydrogens (tertiary/aromatic N) is 6. The molecule has 4 N–H and O–H groups in total. The van der Waals surface area contributed by atoms with E-state index in [4.69, 9.17) is 9.84 Å². The van der Waals surface area contributed by atoms with Crippen LogP contribution in [0, 0.1) is 6.92 Å². The first-order valence-corrected chi connectivity index (χ1v) is 18.8. The van der Waals surface area contributed by atoms with E-state index in [9.17, 15) is 9.59 Å². The van der Waals surface area contributed by atoms with Crippen LogP contribution in [-0.2, 0) is 5.41 Å². The van der Waals surface area contributed by atoms with Gasteiger partial charge in [0, 0.05) is 72.8 Å². The summed E-state index contributed by atoms with van der Waals surface area (Å²) in [6.07, 6.45) is 1.15. The number of hydrogen-bond donors (Lipinski definition) is 4. The van der Waals surface area contributed by atoms with Crippen molar-refractivity contribution < 1.29 is 14.3 Å². The van der Waals surface area contributed by atoms with Gasteiger partial charge in [0.2, 0.25) is 11.8 Å². The maximum Gasteiger partial charge on any atom is 0.324 e. The maximum atomic E-state index is 13.6. The number of ether oxygens (including phenoxy) is 1. The van der Waals surface area contributed by atoms with E-state index in [1.54, 1.807) is 41.2 Å². The number of likely N-dealkylation sites (N-methyl/N-ethyl adjacent to an activating group) is 1. The number of carbonyl (C=O) groups is 2. The van der Waals surface area contributed by atoms with Gasteiger partial charge in [-0.05, 0) is 50.4 Å². The van der Waals surface area contributed by atoms with Gasteiger partial charge in [-0.25, -0.2) is 14.5 Å². The minimum atomic E-state index is -0.464. The second kappa shape index (κ2) is 16.6. The molecule has 6 aromatic rings. The predicted octanol–water partition coefficient (Wildman–Crippen LogP) is 7.27. The summed E-state index contributed by atoms with van der Waals surface area (Å²) in [5, 5.41) is 18.9. The molecule has 2 aromatic heterocycles. The molecule has 1 aliphatic rings. The standard InChI is InChI=1S/C43H48N10O3/c1-29-15-17-31(18-16-29)53-38(27-36(50-53)43(2,3)4)48-42(55)45-34-19-20-35(33-14-10-9-13-32(33)34)56-39-21-22-44-41(49-39)47-37(28-52-25-23-51(5)24-26-52)46-40(54)30-11-7-6-8-12-30/h6-22,27,37H,23-26,28H2,1-5H3,(H,46,54)(H,44,47,49)(H2,45,48,55). The summed E-state index contributed by atoms with van der Waals surface area (Å²) in [7, 11) is 2.11. The summed E-state index contributed by atoms with van der Waals surface area (Å²) in [6, 6.07) is 31.6. The van der Waals surface area contributed by atoms with E-state index in [1.807, 2.05) is 79.7 Å². The van der Waals surface area contributed by atoms with Crippen LogP contribution in [0.15, 0.2) is 109 Å². The Balaban J connectivity index is 1.08. The minimum Gasteiger partial charge on any atom is -0.438 e. The zero-order valence-corrected chi connectivity index (χ0v) is 32.4. The smallest absolute Gasteiger partial charge is 0.324 e. The molecule has 0 radical (unpaired) electrons. The van der Waals surface area contributed by atoms with Crippen molar-refractivity contribution in [3.63, 3.8) is 0 Å². The lowest BCUT2D eigenvalue weighted by Gasteiger charge is -2.35. The van der Waals surface area contributed by atoms with Gasteiger partial charge < -0.3 is 25.6 Å². The average molecular weight is 753 g/mol. The molecule has 0 saturated carbocycles. The molecule has 3 amide bonds. The molecule has 1 aliphatic heterocycles. The SMILES string of the molecule is Cc1ccc(-n2nc(C(C)(C)C)cc2NC(=O)Nc2ccc(Oc3ccnc(NC(CN4CCN(C)CC4)NC(=O)c4ccccc4)n3)c3ccccc23)cc1. The quantitative estimate of drug-likeness (QED) is 0.101. The van der Waals surface area contributed by atoms with Crippen LogP contribution < -0.4 is 26.0 Å². The molecule has 56 heavy (non-hydrogen) atoms. The molecule has 3 heterocycles. The molecule has 13 nitrogen and oxygen atoms in total. The van der Waals surface area contributed by atoms with Crippen LogP contribution in [0.3, 0.4) is 0 Å². The number of rotatable bonds is 11. The van der Waals surface area contributed by atoms with E-state index in [0.717, 1.165) is 53.9 Å². The Hall–Kier alpha value is -6.31. The molecule has 0 spiro atoms. The van der Waals surface area contributed by atoms with Crippen LogP contribution in [-0.4, -0.2) is 87.4 Å². The zero-order chi connectivity index (χ0) is 39.2. The van der Waals surface area contributed by atoms with Gasteiger partial charge in [0.1, 0.15) is 17.7 Å². The van der Waals surface area contributed by atoms with Crippen LogP contribution in [0.2, 0.25) is 0 Å². The second-order valence-electron chi connectivity index (χ2n) is 15.1. The molecule has 7 rings (SSSR count). The average Bonchev–Trinajstić information content (AvgIpc) is 3.62. The van der Waals surface area contributed by atoms with Gasteiger partial charge >= 0.3 is 6.03 Å². The van der Waals surface area contributed by atoms with Crippen LogP contribution in [0.4, 0.5) is 22.2 Å². The van der Waals surface area contributed by atoms with Gasteiger partial charge in [-0.15, -0.1) is 0 Å². The first kappa shape index (κ1) is 38.0. The Morgan fingerprint density at radius 2 is 1.55 bits per heavy atom. The second-order valence-corrected chi connectivity index (χ2v) is 15.1. The first-order valence-electron chi connectivity index (χ1n) is 18.8. The minimum absolute atomic E-state index is 0.190. The predicted molar refractivity (Wildman–Crippen MR) is 221 cm³/mol. The Kier molecular flexibility index (Phi) is 11.3. The molecule has 1 saturated heterocycles. The van der Waals surface area contributed by atoms with E-state index in [0.29, 0.717) is 41.2 Å². The van der Waals surface area contributed by atoms with Crippen molar-refractivity contribution in [1.82, 2.24) is 34.9 Å². The number of amides is 3. The van der Waals surface area contributed by atoms with Crippen molar-refractivity contribution in [2.75, 3.05) is 55.7 Å². The van der Waals surface area contributed by atoms with Gasteiger partial charge in [0.25, 0.3) is 5.91 Å². The fourth-order valence-electron chi connectivity index (χ4n) is 6.44. The molecule has 0 aliphatic carbocycles. The van der Waals surface area contributed by atoms with Crippen molar-refractivity contribution in [1.29, 1.82) is 0 Å². The summed E-state index contributed by atoms with van der Waals surface area (Å²) in [5.74, 6) is 1.55. The summed E-state index contributed by atoms with van der Waals surface area (Å²) in [6.45, 7) is 12.5. The third kappa shape index (κ3) is 9.31. The van der Waals surface area contributed by atoms with E-state index >= 15 is 0 Å². The molecule has 1 atom stereocenters. The fraction of sp³-hybridized carbons (Fsp3) is 0.279. The molecule has 288 valence electrons. The highest BCUT2D eigenvalue weighted by molar-refractivity contribution is 6.07. The molecule has 0 bridgehead atoms. The van der Waals surface area contributed by atoms with Crippen molar-refractivity contribution >= 4 is 40.2 Å². The van der Waals surface area contributed by atoms with Crippen molar-refractivity contribution in [2.24, 2.45) is 0 Å². The number of hydrogen-bond acceptors (Lipinski definition) is 9. The van der Waals surface area contributed by atoms with Gasteiger partial charge in [0.15, 0.2) is 0 Å². The number of carbonyl (C=O) groups excluding carboxylic acids is 2. The van der Waals surface area contributed by atoms with Crippen molar-refractivity contribution in [2.45, 2.75) is 39.3 Å². The number of benzene rings is 4. The number of anilines is 3. The third-order valence-electron chi connectivity index (χ3n) is 9.66. The number of piperazine rings is 1. The normalized spacial score (nSPS) is 14.2. The van der Waals surface area contributed by atoms with Gasteiger partial charge in [-0.2, -0.15) is 10.1 Å². The number of fused-ring (bicyclic) bond motifs is 1. The molecular formula is C43H48N10O3. The molecule has 4 aromatic carbocycles. The highest BCUT2D eigenvalue weighted by atomic mass is 16.5. The Morgan fingerprint density at radius 1 is 0.839 bits per heavy atom. The summed E-state index contributed by atoms with van der Waals surface area (Å²) < 4.78 is 8.11. The van der Waals surface area contributed by atoms with Gasteiger partial charge in [-0.3, -0.25) is 15.0 Å². The molecule has 13 heteroatoms.